The minimum absolute atomic E-state index is 0.202. The van der Waals surface area contributed by atoms with Gasteiger partial charge in [-0.25, -0.2) is 0 Å². The van der Waals surface area contributed by atoms with Gasteiger partial charge in [0.25, 0.3) is 0 Å². The largest absolute Gasteiger partial charge is 0.480 e. The lowest BCUT2D eigenvalue weighted by Gasteiger charge is -2.15. The van der Waals surface area contributed by atoms with E-state index in [0.29, 0.717) is 0 Å². The number of nitrogens with one attached hydrogen (secondary N) is 2. The first-order chi connectivity index (χ1) is 8.52. The molecule has 1 amide bonds. The van der Waals surface area contributed by atoms with Gasteiger partial charge in [0.1, 0.15) is 12.1 Å². The lowest BCUT2D eigenvalue weighted by molar-refractivity contribution is -0.139. The van der Waals surface area contributed by atoms with E-state index in [4.69, 9.17) is 5.11 Å². The van der Waals surface area contributed by atoms with Crippen molar-refractivity contribution < 1.29 is 14.7 Å². The van der Waals surface area contributed by atoms with Crippen LogP contribution in [0.2, 0.25) is 0 Å². The third-order valence-corrected chi connectivity index (χ3v) is 3.14. The van der Waals surface area contributed by atoms with Gasteiger partial charge in [0.15, 0.2) is 0 Å². The summed E-state index contributed by atoms with van der Waals surface area (Å²) in [6.45, 7) is 3.56. The van der Waals surface area contributed by atoms with Crippen LogP contribution in [-0.4, -0.2) is 23.0 Å². The molecule has 0 aliphatic carbocycles. The third kappa shape index (κ3) is 2.22. The number of anilines is 1. The average Bonchev–Trinajstić information content (AvgIpc) is 2.65. The molecule has 0 aromatic heterocycles. The van der Waals surface area contributed by atoms with Crippen LogP contribution in [-0.2, 0) is 16.0 Å². The zero-order valence-corrected chi connectivity index (χ0v) is 10.4. The molecule has 1 aliphatic rings. The molecule has 96 valence electrons. The lowest BCUT2D eigenvalue weighted by atomic mass is 10.0. The Morgan fingerprint density at radius 3 is 2.89 bits per heavy atom. The maximum absolute atomic E-state index is 11.8. The summed E-state index contributed by atoms with van der Waals surface area (Å²) in [6, 6.07) is 4.41. The molecule has 2 atom stereocenters. The van der Waals surface area contributed by atoms with Crippen LogP contribution < -0.4 is 10.6 Å². The van der Waals surface area contributed by atoms with E-state index in [2.05, 4.69) is 10.6 Å². The van der Waals surface area contributed by atoms with Crippen molar-refractivity contribution in [2.75, 3.05) is 5.32 Å². The number of hydrogen-bond donors (Lipinski definition) is 3. The molecule has 1 aromatic carbocycles. The fraction of sp³-hybridized carbons (Fsp3) is 0.385. The predicted octanol–water partition coefficient (Wildman–Crippen LogP) is 1.30. The van der Waals surface area contributed by atoms with Gasteiger partial charge in [0.2, 0.25) is 5.91 Å². The van der Waals surface area contributed by atoms with Crippen molar-refractivity contribution in [3.63, 3.8) is 0 Å². The van der Waals surface area contributed by atoms with Crippen LogP contribution in [0, 0.1) is 0 Å². The first-order valence-electron chi connectivity index (χ1n) is 5.95. The monoisotopic (exact) mass is 248 g/mol. The number of benzene rings is 1. The van der Waals surface area contributed by atoms with E-state index in [1.807, 2.05) is 25.1 Å². The van der Waals surface area contributed by atoms with E-state index < -0.39 is 18.1 Å². The molecular formula is C13H16N2O3. The highest BCUT2D eigenvalue weighted by Crippen LogP contribution is 2.31. The van der Waals surface area contributed by atoms with Crippen molar-refractivity contribution in [3.8, 4) is 0 Å². The van der Waals surface area contributed by atoms with Crippen molar-refractivity contribution in [1.82, 2.24) is 5.32 Å². The highest BCUT2D eigenvalue weighted by atomic mass is 16.4. The number of amides is 1. The Morgan fingerprint density at radius 2 is 2.28 bits per heavy atom. The van der Waals surface area contributed by atoms with Crippen LogP contribution in [0.25, 0.3) is 0 Å². The minimum atomic E-state index is -0.970. The standard InChI is InChI=1S/C13H16N2O3/c1-3-8-4-5-10-9(6-8)11(12(16)15-10)14-7(2)13(17)18/h4-7,11,14H,3H2,1-2H3,(H,15,16)(H,17,18). The van der Waals surface area contributed by atoms with E-state index in [0.717, 1.165) is 23.2 Å². The average molecular weight is 248 g/mol. The number of rotatable bonds is 4. The number of fused-ring (bicyclic) bond motifs is 1. The molecule has 2 unspecified atom stereocenters. The molecule has 0 radical (unpaired) electrons. The highest BCUT2D eigenvalue weighted by molar-refractivity contribution is 6.02. The number of carbonyl (C=O) groups is 2. The normalized spacial score (nSPS) is 19.2. The zero-order chi connectivity index (χ0) is 13.3. The fourth-order valence-corrected chi connectivity index (χ4v) is 2.02. The molecular weight excluding hydrogens is 232 g/mol. The van der Waals surface area contributed by atoms with E-state index >= 15 is 0 Å². The van der Waals surface area contributed by atoms with Crippen molar-refractivity contribution in [2.45, 2.75) is 32.4 Å². The van der Waals surface area contributed by atoms with Gasteiger partial charge in [0, 0.05) is 11.3 Å². The van der Waals surface area contributed by atoms with Crippen LogP contribution in [0.3, 0.4) is 0 Å². The molecule has 5 nitrogen and oxygen atoms in total. The van der Waals surface area contributed by atoms with Crippen LogP contribution in [0.5, 0.6) is 0 Å². The molecule has 1 aromatic rings. The van der Waals surface area contributed by atoms with Gasteiger partial charge < -0.3 is 10.4 Å². The molecule has 0 fully saturated rings. The van der Waals surface area contributed by atoms with Gasteiger partial charge in [-0.15, -0.1) is 0 Å². The second-order valence-electron chi connectivity index (χ2n) is 4.42. The van der Waals surface area contributed by atoms with Gasteiger partial charge in [-0.3, -0.25) is 14.9 Å². The van der Waals surface area contributed by atoms with Gasteiger partial charge in [0.05, 0.1) is 0 Å². The Hall–Kier alpha value is -1.88. The molecule has 3 N–H and O–H groups in total. The van der Waals surface area contributed by atoms with Crippen LogP contribution in [0.15, 0.2) is 18.2 Å². The van der Waals surface area contributed by atoms with Gasteiger partial charge in [-0.05, 0) is 25.0 Å². The predicted molar refractivity (Wildman–Crippen MR) is 67.4 cm³/mol. The highest BCUT2D eigenvalue weighted by Gasteiger charge is 2.32. The smallest absolute Gasteiger partial charge is 0.320 e. The lowest BCUT2D eigenvalue weighted by Crippen LogP contribution is -2.39. The Balaban J connectivity index is 2.28. The Kier molecular flexibility index (Phi) is 3.34. The van der Waals surface area contributed by atoms with Crippen LogP contribution in [0.4, 0.5) is 5.69 Å². The van der Waals surface area contributed by atoms with Crippen molar-refractivity contribution in [2.24, 2.45) is 0 Å². The molecule has 0 bridgehead atoms. The fourth-order valence-electron chi connectivity index (χ4n) is 2.02. The molecule has 2 rings (SSSR count). The number of carboxylic acid groups (broad SMARTS) is 1. The van der Waals surface area contributed by atoms with Crippen LogP contribution >= 0.6 is 0 Å². The first-order valence-corrected chi connectivity index (χ1v) is 5.95. The van der Waals surface area contributed by atoms with E-state index in [1.54, 1.807) is 0 Å². The van der Waals surface area contributed by atoms with E-state index in [-0.39, 0.29) is 5.91 Å². The zero-order valence-electron chi connectivity index (χ0n) is 10.4. The Morgan fingerprint density at radius 1 is 1.56 bits per heavy atom. The van der Waals surface area contributed by atoms with E-state index in [9.17, 15) is 9.59 Å². The molecule has 0 saturated heterocycles. The molecule has 18 heavy (non-hydrogen) atoms. The molecule has 0 saturated carbocycles. The maximum Gasteiger partial charge on any atom is 0.320 e. The molecule has 5 heteroatoms. The summed E-state index contributed by atoms with van der Waals surface area (Å²) in [4.78, 5) is 22.7. The molecule has 1 heterocycles. The van der Waals surface area contributed by atoms with Gasteiger partial charge in [-0.1, -0.05) is 19.1 Å². The van der Waals surface area contributed by atoms with Gasteiger partial charge >= 0.3 is 5.97 Å². The van der Waals surface area contributed by atoms with E-state index in [1.165, 1.54) is 6.92 Å². The quantitative estimate of drug-likeness (QED) is 0.750. The third-order valence-electron chi connectivity index (χ3n) is 3.14. The summed E-state index contributed by atoms with van der Waals surface area (Å²) in [5.41, 5.74) is 2.71. The number of hydrogen-bond acceptors (Lipinski definition) is 3. The second kappa shape index (κ2) is 4.78. The summed E-state index contributed by atoms with van der Waals surface area (Å²) >= 11 is 0. The molecule has 0 spiro atoms. The van der Waals surface area contributed by atoms with Crippen molar-refractivity contribution in [1.29, 1.82) is 0 Å². The first kappa shape index (κ1) is 12.6. The Bertz CT molecular complexity index is 499. The summed E-state index contributed by atoms with van der Waals surface area (Å²) in [5, 5.41) is 14.5. The number of aliphatic carboxylic acids is 1. The van der Waals surface area contributed by atoms with Crippen molar-refractivity contribution >= 4 is 17.6 Å². The summed E-state index contributed by atoms with van der Waals surface area (Å²) in [6.07, 6.45) is 0.878. The number of carbonyl (C=O) groups excluding carboxylic acids is 1. The van der Waals surface area contributed by atoms with Crippen molar-refractivity contribution in [3.05, 3.63) is 29.3 Å². The SMILES string of the molecule is CCc1ccc2c(c1)C(NC(C)C(=O)O)C(=O)N2. The Labute approximate surface area is 105 Å². The second-order valence-corrected chi connectivity index (χ2v) is 4.42. The van der Waals surface area contributed by atoms with Gasteiger partial charge in [-0.2, -0.15) is 0 Å². The minimum Gasteiger partial charge on any atom is -0.480 e. The number of aryl methyl sites for hydroxylation is 1. The summed E-state index contributed by atoms with van der Waals surface area (Å²) < 4.78 is 0. The summed E-state index contributed by atoms with van der Waals surface area (Å²) in [5.74, 6) is -1.17. The van der Waals surface area contributed by atoms with Crippen LogP contribution in [0.1, 0.15) is 31.0 Å². The number of carboxylic acids is 1. The maximum atomic E-state index is 11.8. The summed E-state index contributed by atoms with van der Waals surface area (Å²) in [7, 11) is 0. The topological polar surface area (TPSA) is 78.4 Å². The molecule has 1 aliphatic heterocycles.